The van der Waals surface area contributed by atoms with Crippen LogP contribution in [0, 0.1) is 0 Å². The van der Waals surface area contributed by atoms with Crippen molar-refractivity contribution in [3.05, 3.63) is 87.4 Å². The molecular formula is C23H18Cl2F3NO2S. The zero-order chi connectivity index (χ0) is 23.3. The minimum absolute atomic E-state index is 0.0714. The van der Waals surface area contributed by atoms with Crippen molar-refractivity contribution >= 4 is 46.6 Å². The van der Waals surface area contributed by atoms with Crippen molar-refractivity contribution in [3.8, 4) is 5.75 Å². The molecule has 0 unspecified atom stereocenters. The van der Waals surface area contributed by atoms with Crippen molar-refractivity contribution < 1.29 is 22.7 Å². The van der Waals surface area contributed by atoms with Crippen molar-refractivity contribution in [3.63, 3.8) is 0 Å². The molecule has 9 heteroatoms. The molecule has 0 heterocycles. The number of hydrogen-bond acceptors (Lipinski definition) is 3. The van der Waals surface area contributed by atoms with Crippen molar-refractivity contribution in [2.75, 3.05) is 11.9 Å². The first-order chi connectivity index (χ1) is 15.2. The molecule has 0 radical (unpaired) electrons. The first kappa shape index (κ1) is 24.3. The van der Waals surface area contributed by atoms with E-state index in [1.54, 1.807) is 24.3 Å². The average molecular weight is 500 g/mol. The Morgan fingerprint density at radius 1 is 1.00 bits per heavy atom. The van der Waals surface area contributed by atoms with Gasteiger partial charge in [-0.3, -0.25) is 4.79 Å². The highest BCUT2D eigenvalue weighted by atomic mass is 35.5. The van der Waals surface area contributed by atoms with E-state index in [1.807, 2.05) is 19.1 Å². The fourth-order valence-corrected chi connectivity index (χ4v) is 4.05. The number of carbonyl (C=O) groups excluding carboxylic acids is 1. The van der Waals surface area contributed by atoms with Gasteiger partial charge in [-0.05, 0) is 67.6 Å². The molecule has 0 aliphatic carbocycles. The number of thioether (sulfide) groups is 1. The summed E-state index contributed by atoms with van der Waals surface area (Å²) in [6, 6.07) is 15.3. The molecule has 0 saturated heterocycles. The van der Waals surface area contributed by atoms with Gasteiger partial charge in [0, 0.05) is 31.8 Å². The first-order valence-electron chi connectivity index (χ1n) is 9.49. The van der Waals surface area contributed by atoms with E-state index in [0.29, 0.717) is 23.1 Å². The molecule has 1 N–H and O–H groups in total. The highest BCUT2D eigenvalue weighted by molar-refractivity contribution is 7.98. The lowest BCUT2D eigenvalue weighted by Gasteiger charge is -2.15. The van der Waals surface area contributed by atoms with Crippen LogP contribution < -0.4 is 10.1 Å². The van der Waals surface area contributed by atoms with Crippen LogP contribution in [0.3, 0.4) is 0 Å². The van der Waals surface area contributed by atoms with Gasteiger partial charge in [-0.2, -0.15) is 13.2 Å². The largest absolute Gasteiger partial charge is 0.494 e. The normalized spacial score (nSPS) is 11.3. The second-order valence-corrected chi connectivity index (χ2v) is 8.56. The van der Waals surface area contributed by atoms with Crippen LogP contribution in [0.1, 0.15) is 28.4 Å². The summed E-state index contributed by atoms with van der Waals surface area (Å²) in [6.45, 7) is 2.28. The molecule has 3 nitrogen and oxygen atoms in total. The number of amides is 1. The van der Waals surface area contributed by atoms with Crippen LogP contribution in [0.15, 0.2) is 65.6 Å². The second kappa shape index (κ2) is 10.5. The predicted octanol–water partition coefficient (Wildman–Crippen LogP) is 7.96. The quantitative estimate of drug-likeness (QED) is 0.335. The van der Waals surface area contributed by atoms with Gasteiger partial charge in [0.05, 0.1) is 17.9 Å². The van der Waals surface area contributed by atoms with Crippen LogP contribution in [0.2, 0.25) is 10.0 Å². The van der Waals surface area contributed by atoms with Crippen LogP contribution >= 0.6 is 35.0 Å². The minimum atomic E-state index is -4.66. The Morgan fingerprint density at radius 3 is 2.34 bits per heavy atom. The van der Waals surface area contributed by atoms with E-state index in [4.69, 9.17) is 27.9 Å². The molecule has 0 bridgehead atoms. The van der Waals surface area contributed by atoms with Gasteiger partial charge < -0.3 is 10.1 Å². The number of ether oxygens (including phenoxy) is 1. The van der Waals surface area contributed by atoms with Crippen LogP contribution in [0.25, 0.3) is 0 Å². The summed E-state index contributed by atoms with van der Waals surface area (Å²) >= 11 is 13.1. The molecule has 168 valence electrons. The van der Waals surface area contributed by atoms with E-state index >= 15 is 0 Å². The number of rotatable bonds is 7. The smallest absolute Gasteiger partial charge is 0.418 e. The number of alkyl halides is 3. The highest BCUT2D eigenvalue weighted by Gasteiger charge is 2.34. The third-order valence-corrected chi connectivity index (χ3v) is 5.91. The minimum Gasteiger partial charge on any atom is -0.494 e. The molecular weight excluding hydrogens is 482 g/mol. The molecule has 32 heavy (non-hydrogen) atoms. The Balaban J connectivity index is 1.84. The summed E-state index contributed by atoms with van der Waals surface area (Å²) in [5, 5.41) is 2.90. The van der Waals surface area contributed by atoms with Crippen LogP contribution in [-0.2, 0) is 11.9 Å². The lowest BCUT2D eigenvalue weighted by Crippen LogP contribution is -2.17. The van der Waals surface area contributed by atoms with Gasteiger partial charge in [0.1, 0.15) is 5.75 Å². The lowest BCUT2D eigenvalue weighted by molar-refractivity contribution is -0.136. The van der Waals surface area contributed by atoms with Crippen LogP contribution in [0.5, 0.6) is 5.75 Å². The van der Waals surface area contributed by atoms with Gasteiger partial charge in [0.2, 0.25) is 0 Å². The van der Waals surface area contributed by atoms with Gasteiger partial charge in [-0.15, -0.1) is 11.8 Å². The summed E-state index contributed by atoms with van der Waals surface area (Å²) in [4.78, 5) is 13.7. The Bertz CT molecular complexity index is 1110. The summed E-state index contributed by atoms with van der Waals surface area (Å²) in [5.74, 6) is 0.430. The monoisotopic (exact) mass is 499 g/mol. The van der Waals surface area contributed by atoms with Crippen LogP contribution in [-0.4, -0.2) is 12.5 Å². The number of hydrogen-bond donors (Lipinski definition) is 1. The molecule has 0 fully saturated rings. The van der Waals surface area contributed by atoms with Gasteiger partial charge in [0.15, 0.2) is 0 Å². The van der Waals surface area contributed by atoms with Gasteiger partial charge >= 0.3 is 6.18 Å². The van der Waals surface area contributed by atoms with Crippen molar-refractivity contribution in [2.24, 2.45) is 0 Å². The Kier molecular flexibility index (Phi) is 7.98. The third kappa shape index (κ3) is 6.34. The Labute approximate surface area is 197 Å². The molecule has 0 atom stereocenters. The molecule has 3 rings (SSSR count). The van der Waals surface area contributed by atoms with Crippen molar-refractivity contribution in [1.82, 2.24) is 0 Å². The number of anilines is 1. The summed E-state index contributed by atoms with van der Waals surface area (Å²) < 4.78 is 45.6. The standard InChI is InChI=1S/C23H18Cl2F3NO2S/c1-2-31-21-10-3-14(11-15(21)13-32-18-7-4-16(24)5-8-18)22(30)29-20-9-6-17(25)12-19(20)23(26,27)28/h3-12H,2,13H2,1H3,(H,29,30). The maximum Gasteiger partial charge on any atom is 0.418 e. The summed E-state index contributed by atoms with van der Waals surface area (Å²) in [5.41, 5.74) is -0.421. The van der Waals surface area contributed by atoms with Gasteiger partial charge in [0.25, 0.3) is 5.91 Å². The predicted molar refractivity (Wildman–Crippen MR) is 123 cm³/mol. The van der Waals surface area contributed by atoms with E-state index in [2.05, 4.69) is 5.32 Å². The number of nitrogens with one attached hydrogen (secondary N) is 1. The Hall–Kier alpha value is -2.35. The molecule has 1 amide bonds. The molecule has 3 aromatic carbocycles. The van der Waals surface area contributed by atoms with Crippen LogP contribution in [0.4, 0.5) is 18.9 Å². The van der Waals surface area contributed by atoms with E-state index in [9.17, 15) is 18.0 Å². The molecule has 0 aromatic heterocycles. The van der Waals surface area contributed by atoms with E-state index in [1.165, 1.54) is 23.9 Å². The fourth-order valence-electron chi connectivity index (χ4n) is 2.88. The average Bonchev–Trinajstić information content (AvgIpc) is 2.74. The zero-order valence-corrected chi connectivity index (χ0v) is 19.1. The van der Waals surface area contributed by atoms with E-state index < -0.39 is 17.6 Å². The number of halogens is 5. The SMILES string of the molecule is CCOc1ccc(C(=O)Nc2ccc(Cl)cc2C(F)(F)F)cc1CSc1ccc(Cl)cc1. The summed E-state index contributed by atoms with van der Waals surface area (Å²) in [7, 11) is 0. The number of carbonyl (C=O) groups is 1. The summed E-state index contributed by atoms with van der Waals surface area (Å²) in [6.07, 6.45) is -4.66. The van der Waals surface area contributed by atoms with Crippen molar-refractivity contribution in [1.29, 1.82) is 0 Å². The molecule has 0 aliphatic rings. The third-order valence-electron chi connectivity index (χ3n) is 4.37. The zero-order valence-electron chi connectivity index (χ0n) is 16.8. The van der Waals surface area contributed by atoms with Gasteiger partial charge in [-0.1, -0.05) is 23.2 Å². The number of benzene rings is 3. The maximum absolute atomic E-state index is 13.3. The van der Waals surface area contributed by atoms with Crippen molar-refractivity contribution in [2.45, 2.75) is 23.7 Å². The molecule has 0 aliphatic heterocycles. The topological polar surface area (TPSA) is 38.3 Å². The van der Waals surface area contributed by atoms with E-state index in [-0.39, 0.29) is 16.3 Å². The fraction of sp³-hybridized carbons (Fsp3) is 0.174. The molecule has 0 saturated carbocycles. The lowest BCUT2D eigenvalue weighted by atomic mass is 10.1. The second-order valence-electron chi connectivity index (χ2n) is 6.64. The molecule has 0 spiro atoms. The molecule has 3 aromatic rings. The highest BCUT2D eigenvalue weighted by Crippen LogP contribution is 2.37. The maximum atomic E-state index is 13.3. The van der Waals surface area contributed by atoms with Gasteiger partial charge in [-0.25, -0.2) is 0 Å². The Morgan fingerprint density at radius 2 is 1.69 bits per heavy atom. The van der Waals surface area contributed by atoms with E-state index in [0.717, 1.165) is 22.6 Å². The first-order valence-corrected chi connectivity index (χ1v) is 11.2.